The Morgan fingerprint density at radius 2 is 0.840 bits per heavy atom. The van der Waals surface area contributed by atoms with E-state index in [4.69, 9.17) is 0 Å². The highest BCUT2D eigenvalue weighted by Crippen LogP contribution is 2.66. The minimum atomic E-state index is -6.30. The summed E-state index contributed by atoms with van der Waals surface area (Å²) in [4.78, 5) is 0. The average Bonchev–Trinajstić information content (AvgIpc) is 2.91. The molecule has 3 unspecified atom stereocenters. The zero-order valence-corrected chi connectivity index (χ0v) is 23.8. The highest BCUT2D eigenvalue weighted by atomic mass is 19.4. The van der Waals surface area contributed by atoms with E-state index in [0.717, 1.165) is 6.92 Å². The molecule has 24 heteroatoms. The molecule has 0 spiro atoms. The largest absolute Gasteiger partial charge is 0.487 e. The van der Waals surface area contributed by atoms with Gasteiger partial charge in [-0.2, -0.15) is 70.2 Å². The Morgan fingerprint density at radius 3 is 1.10 bits per heavy atom. The third kappa shape index (κ3) is 5.63. The first-order valence-electron chi connectivity index (χ1n) is 13.1. The molecule has 0 radical (unpaired) electrons. The Hall–Kier alpha value is -3.44. The summed E-state index contributed by atoms with van der Waals surface area (Å²) in [7, 11) is 0. The molecule has 2 aromatic carbocycles. The summed E-state index contributed by atoms with van der Waals surface area (Å²) in [6, 6.07) is 0. The lowest BCUT2D eigenvalue weighted by Gasteiger charge is -2.50. The molecule has 2 aromatic rings. The summed E-state index contributed by atoms with van der Waals surface area (Å²) in [5.41, 5.74) is -14.9. The molecule has 0 aromatic heterocycles. The van der Waals surface area contributed by atoms with Crippen molar-refractivity contribution in [2.75, 3.05) is 19.8 Å². The second kappa shape index (κ2) is 12.4. The van der Waals surface area contributed by atoms with Gasteiger partial charge in [0, 0.05) is 6.42 Å². The molecule has 4 rings (SSSR count). The summed E-state index contributed by atoms with van der Waals surface area (Å²) < 4.78 is 295. The highest BCUT2D eigenvalue weighted by Gasteiger charge is 2.81. The van der Waals surface area contributed by atoms with Gasteiger partial charge in [0.15, 0.2) is 34.8 Å². The van der Waals surface area contributed by atoms with Gasteiger partial charge in [-0.25, -0.2) is 17.6 Å². The molecule has 2 aliphatic heterocycles. The molecule has 50 heavy (non-hydrogen) atoms. The van der Waals surface area contributed by atoms with Gasteiger partial charge in [-0.1, -0.05) is 0 Å². The van der Waals surface area contributed by atoms with E-state index >= 15 is 0 Å². The van der Waals surface area contributed by atoms with Crippen LogP contribution in [0.3, 0.4) is 0 Å². The third-order valence-electron chi connectivity index (χ3n) is 8.00. The maximum absolute atomic E-state index is 14.7. The zero-order valence-electron chi connectivity index (χ0n) is 23.8. The summed E-state index contributed by atoms with van der Waals surface area (Å²) in [5, 5.41) is 0. The summed E-state index contributed by atoms with van der Waals surface area (Å²) >= 11 is 0. The predicted molar refractivity (Wildman–Crippen MR) is 119 cm³/mol. The summed E-state index contributed by atoms with van der Waals surface area (Å²) in [6.07, 6.45) is -35.3. The van der Waals surface area contributed by atoms with Crippen molar-refractivity contribution in [1.29, 1.82) is 0 Å². The van der Waals surface area contributed by atoms with Gasteiger partial charge in [-0.3, -0.25) is 0 Å². The second-order valence-electron chi connectivity index (χ2n) is 10.9. The van der Waals surface area contributed by atoms with Gasteiger partial charge >= 0.3 is 24.7 Å². The second-order valence-corrected chi connectivity index (χ2v) is 10.9. The standard InChI is InChI=1S/C26H14F20O4/c1-6(50-18-15(33)11(29)8(12(30)16(18)34)20-22(5-49-20,25(41,42)43)26(44,45)46)2-3-47-17-13(31)9(27)7(10(28)14(17)32)19-21(4-48-19,23(35,36)37)24(38,39)40/h6,19-20H,2-5H2,1H3. The molecule has 4 nitrogen and oxygen atoms in total. The molecule has 0 amide bonds. The number of halogens is 20. The third-order valence-corrected chi connectivity index (χ3v) is 8.00. The maximum Gasteiger partial charge on any atom is 0.408 e. The number of hydrogen-bond acceptors (Lipinski definition) is 4. The van der Waals surface area contributed by atoms with Crippen molar-refractivity contribution >= 4 is 0 Å². The van der Waals surface area contributed by atoms with E-state index in [2.05, 4.69) is 18.9 Å². The molecule has 2 saturated heterocycles. The molecule has 2 fully saturated rings. The monoisotopic (exact) mass is 770 g/mol. The van der Waals surface area contributed by atoms with E-state index in [1.807, 2.05) is 0 Å². The van der Waals surface area contributed by atoms with Crippen molar-refractivity contribution in [3.8, 4) is 11.5 Å². The topological polar surface area (TPSA) is 36.9 Å². The molecule has 0 aliphatic carbocycles. The Morgan fingerprint density at radius 1 is 0.540 bits per heavy atom. The van der Waals surface area contributed by atoms with Gasteiger partial charge < -0.3 is 18.9 Å². The first-order chi connectivity index (χ1) is 22.6. The lowest BCUT2D eigenvalue weighted by atomic mass is 9.73. The average molecular weight is 770 g/mol. The molecule has 282 valence electrons. The van der Waals surface area contributed by atoms with Crippen LogP contribution in [0, 0.1) is 57.4 Å². The van der Waals surface area contributed by atoms with Crippen LogP contribution in [0.4, 0.5) is 87.8 Å². The van der Waals surface area contributed by atoms with Crippen LogP contribution >= 0.6 is 0 Å². The van der Waals surface area contributed by atoms with Crippen LogP contribution in [0.1, 0.15) is 36.7 Å². The first-order valence-corrected chi connectivity index (χ1v) is 13.1. The fraction of sp³-hybridized carbons (Fsp3) is 0.538. The van der Waals surface area contributed by atoms with Crippen LogP contribution in [0.2, 0.25) is 0 Å². The van der Waals surface area contributed by atoms with Gasteiger partial charge in [0.2, 0.25) is 34.1 Å². The van der Waals surface area contributed by atoms with Crippen molar-refractivity contribution in [2.24, 2.45) is 10.8 Å². The lowest BCUT2D eigenvalue weighted by Crippen LogP contribution is -2.64. The quantitative estimate of drug-likeness (QED) is 0.198. The number of rotatable bonds is 8. The zero-order chi connectivity index (χ0) is 38.3. The fourth-order valence-electron chi connectivity index (χ4n) is 5.10. The number of benzene rings is 2. The smallest absolute Gasteiger partial charge is 0.408 e. The van der Waals surface area contributed by atoms with Crippen LogP contribution in [0.15, 0.2) is 0 Å². The summed E-state index contributed by atoms with van der Waals surface area (Å²) in [5.74, 6) is -26.1. The van der Waals surface area contributed by atoms with Crippen LogP contribution in [-0.2, 0) is 9.47 Å². The predicted octanol–water partition coefficient (Wildman–Crippen LogP) is 9.40. The van der Waals surface area contributed by atoms with Crippen molar-refractivity contribution in [2.45, 2.75) is 56.4 Å². The van der Waals surface area contributed by atoms with Crippen LogP contribution < -0.4 is 9.47 Å². The highest BCUT2D eigenvalue weighted by molar-refractivity contribution is 5.39. The Kier molecular flexibility index (Phi) is 9.72. The molecule has 0 bridgehead atoms. The fourth-order valence-corrected chi connectivity index (χ4v) is 5.10. The SMILES string of the molecule is CC(CCOc1c(F)c(F)c(C2OCC2(C(F)(F)F)C(F)(F)F)c(F)c1F)Oc1c(F)c(F)c(C2OCC2(C(F)(F)F)C(F)(F)F)c(F)c1F. The lowest BCUT2D eigenvalue weighted by molar-refractivity contribution is -0.434. The normalized spacial score (nSPS) is 21.4. The van der Waals surface area contributed by atoms with Crippen molar-refractivity contribution in [1.82, 2.24) is 0 Å². The van der Waals surface area contributed by atoms with Gasteiger partial charge in [-0.15, -0.1) is 0 Å². The molecular formula is C26H14F20O4. The van der Waals surface area contributed by atoms with E-state index in [-0.39, 0.29) is 0 Å². The van der Waals surface area contributed by atoms with Crippen molar-refractivity contribution in [3.05, 3.63) is 57.7 Å². The molecular weight excluding hydrogens is 756 g/mol. The molecule has 0 saturated carbocycles. The van der Waals surface area contributed by atoms with Crippen molar-refractivity contribution < 1.29 is 107 Å². The van der Waals surface area contributed by atoms with E-state index in [1.165, 1.54) is 0 Å². The molecule has 2 aliphatic rings. The van der Waals surface area contributed by atoms with Gasteiger partial charge in [-0.05, 0) is 6.92 Å². The van der Waals surface area contributed by atoms with E-state index in [9.17, 15) is 87.8 Å². The van der Waals surface area contributed by atoms with Crippen molar-refractivity contribution in [3.63, 3.8) is 0 Å². The first kappa shape index (κ1) is 39.3. The number of ether oxygens (including phenoxy) is 4. The van der Waals surface area contributed by atoms with Gasteiger partial charge in [0.1, 0.15) is 12.2 Å². The molecule has 0 N–H and O–H groups in total. The van der Waals surface area contributed by atoms with Gasteiger partial charge in [0.05, 0.1) is 37.1 Å². The van der Waals surface area contributed by atoms with Crippen LogP contribution in [0.5, 0.6) is 11.5 Å². The van der Waals surface area contributed by atoms with Gasteiger partial charge in [0.25, 0.3) is 0 Å². The van der Waals surface area contributed by atoms with Crippen LogP contribution in [-0.4, -0.2) is 50.6 Å². The van der Waals surface area contributed by atoms with E-state index in [1.54, 1.807) is 0 Å². The molecule has 3 atom stereocenters. The van der Waals surface area contributed by atoms with E-state index < -0.39 is 149 Å². The van der Waals surface area contributed by atoms with E-state index in [0.29, 0.717) is 0 Å². The Labute approximate surface area is 263 Å². The number of alkyl halides is 12. The summed E-state index contributed by atoms with van der Waals surface area (Å²) in [6.45, 7) is -4.96. The van der Waals surface area contributed by atoms with Crippen LogP contribution in [0.25, 0.3) is 0 Å². The maximum atomic E-state index is 14.7. The Bertz CT molecular complexity index is 1560. The molecule has 2 heterocycles. The minimum Gasteiger partial charge on any atom is -0.487 e. The minimum absolute atomic E-state index is 0.748. The Balaban J connectivity index is 1.55. The number of hydrogen-bond donors (Lipinski definition) is 0.